The van der Waals surface area contributed by atoms with Crippen LogP contribution in [0, 0.1) is 0 Å². The summed E-state index contributed by atoms with van der Waals surface area (Å²) >= 11 is 0. The minimum Gasteiger partial charge on any atom is -0.372 e. The van der Waals surface area contributed by atoms with Crippen molar-refractivity contribution in [2.45, 2.75) is 24.0 Å². The second-order valence-corrected chi connectivity index (χ2v) is 7.75. The van der Waals surface area contributed by atoms with Gasteiger partial charge in [0.2, 0.25) is 0 Å². The number of nitrogens with zero attached hydrogens (tertiary/aromatic N) is 2. The number of sulfone groups is 1. The van der Waals surface area contributed by atoms with Crippen molar-refractivity contribution in [3.05, 3.63) is 54.4 Å². The number of hydrogen-bond donors (Lipinski definition) is 0. The van der Waals surface area contributed by atoms with Crippen molar-refractivity contribution in [3.63, 3.8) is 0 Å². The van der Waals surface area contributed by atoms with Crippen LogP contribution in [-0.4, -0.2) is 38.9 Å². The summed E-state index contributed by atoms with van der Waals surface area (Å²) in [6.45, 7) is 2.06. The number of pyridine rings is 1. The van der Waals surface area contributed by atoms with Crippen LogP contribution in [0.5, 0.6) is 0 Å². The zero-order valence-electron chi connectivity index (χ0n) is 13.1. The molecule has 6 heteroatoms. The zero-order valence-corrected chi connectivity index (χ0v) is 13.9. The third kappa shape index (κ3) is 3.89. The molecule has 1 atom stereocenters. The van der Waals surface area contributed by atoms with Crippen molar-refractivity contribution in [1.29, 1.82) is 0 Å². The first-order valence-electron chi connectivity index (χ1n) is 7.58. The van der Waals surface area contributed by atoms with E-state index < -0.39 is 9.84 Å². The van der Waals surface area contributed by atoms with Crippen molar-refractivity contribution >= 4 is 15.5 Å². The predicted molar refractivity (Wildman–Crippen MR) is 89.2 cm³/mol. The van der Waals surface area contributed by atoms with Crippen molar-refractivity contribution in [3.8, 4) is 0 Å². The van der Waals surface area contributed by atoms with Crippen LogP contribution in [-0.2, 0) is 21.2 Å². The number of anilines is 1. The first kappa shape index (κ1) is 16.0. The van der Waals surface area contributed by atoms with E-state index in [0.717, 1.165) is 24.2 Å². The maximum atomic E-state index is 11.9. The molecule has 0 amide bonds. The smallest absolute Gasteiger partial charge is 0.177 e. The molecule has 1 saturated heterocycles. The first-order chi connectivity index (χ1) is 11.0. The predicted octanol–water partition coefficient (Wildman–Crippen LogP) is 2.28. The van der Waals surface area contributed by atoms with E-state index >= 15 is 0 Å². The second kappa shape index (κ2) is 6.68. The third-order valence-electron chi connectivity index (χ3n) is 3.99. The van der Waals surface area contributed by atoms with Crippen molar-refractivity contribution in [1.82, 2.24) is 4.98 Å². The zero-order chi connectivity index (χ0) is 16.3. The first-order valence-corrected chi connectivity index (χ1v) is 9.48. The van der Waals surface area contributed by atoms with E-state index in [1.54, 1.807) is 24.5 Å². The second-order valence-electron chi connectivity index (χ2n) is 5.76. The third-order valence-corrected chi connectivity index (χ3v) is 5.13. The van der Waals surface area contributed by atoms with Gasteiger partial charge in [-0.1, -0.05) is 12.1 Å². The number of hydrogen-bond acceptors (Lipinski definition) is 5. The molecular weight excluding hydrogens is 312 g/mol. The molecule has 0 spiro atoms. The maximum Gasteiger partial charge on any atom is 0.177 e. The van der Waals surface area contributed by atoms with E-state index in [4.69, 9.17) is 4.74 Å². The molecule has 122 valence electrons. The van der Waals surface area contributed by atoms with Crippen LogP contribution >= 0.6 is 0 Å². The highest BCUT2D eigenvalue weighted by atomic mass is 32.2. The minimum absolute atomic E-state index is 0.107. The fraction of sp³-hybridized carbons (Fsp3) is 0.353. The van der Waals surface area contributed by atoms with E-state index in [0.29, 0.717) is 18.0 Å². The van der Waals surface area contributed by atoms with Gasteiger partial charge >= 0.3 is 0 Å². The van der Waals surface area contributed by atoms with Gasteiger partial charge in [0.1, 0.15) is 0 Å². The van der Waals surface area contributed by atoms with Crippen molar-refractivity contribution < 1.29 is 13.2 Å². The molecule has 0 radical (unpaired) electrons. The van der Waals surface area contributed by atoms with E-state index in [-0.39, 0.29) is 6.10 Å². The average molecular weight is 332 g/mol. The minimum atomic E-state index is -3.23. The normalized spacial score (nSPS) is 18.3. The Hall–Kier alpha value is -1.92. The Balaban J connectivity index is 1.66. The molecule has 1 aliphatic heterocycles. The molecule has 0 unspecified atom stereocenters. The van der Waals surface area contributed by atoms with Crippen LogP contribution in [0.25, 0.3) is 0 Å². The average Bonchev–Trinajstić information content (AvgIpc) is 3.02. The molecule has 2 heterocycles. The Bertz CT molecular complexity index is 762. The molecule has 0 bridgehead atoms. The van der Waals surface area contributed by atoms with Gasteiger partial charge in [-0.25, -0.2) is 8.42 Å². The molecule has 1 aromatic heterocycles. The summed E-state index contributed by atoms with van der Waals surface area (Å²) in [5.41, 5.74) is 1.86. The number of ether oxygens (including phenoxy) is 1. The van der Waals surface area contributed by atoms with Crippen LogP contribution in [0.3, 0.4) is 0 Å². The van der Waals surface area contributed by atoms with Gasteiger partial charge in [0.25, 0.3) is 0 Å². The summed E-state index contributed by atoms with van der Waals surface area (Å²) < 4.78 is 29.8. The van der Waals surface area contributed by atoms with Crippen LogP contribution in [0.4, 0.5) is 5.69 Å². The summed E-state index contributed by atoms with van der Waals surface area (Å²) in [6.07, 6.45) is 5.75. The standard InChI is InChI=1S/C17H20N2O3S/c1-23(20,21)17-5-3-2-4-16(17)19-11-8-15(12-19)22-13-14-6-9-18-10-7-14/h2-7,9-10,15H,8,11-13H2,1H3/t15-/m1/s1. The SMILES string of the molecule is CS(=O)(=O)c1ccccc1N1CC[C@@H](OCc2ccncc2)C1. The molecule has 1 aliphatic rings. The monoisotopic (exact) mass is 332 g/mol. The van der Waals surface area contributed by atoms with Crippen molar-refractivity contribution in [2.75, 3.05) is 24.2 Å². The molecule has 0 aliphatic carbocycles. The molecule has 23 heavy (non-hydrogen) atoms. The van der Waals surface area contributed by atoms with Crippen LogP contribution in [0.2, 0.25) is 0 Å². The van der Waals surface area contributed by atoms with E-state index in [2.05, 4.69) is 9.88 Å². The largest absolute Gasteiger partial charge is 0.372 e. The Kier molecular flexibility index (Phi) is 4.63. The van der Waals surface area contributed by atoms with Gasteiger partial charge in [0.05, 0.1) is 23.3 Å². The Morgan fingerprint density at radius 3 is 2.70 bits per heavy atom. The Morgan fingerprint density at radius 1 is 1.22 bits per heavy atom. The van der Waals surface area contributed by atoms with E-state index in [1.165, 1.54) is 6.26 Å². The number of rotatable bonds is 5. The van der Waals surface area contributed by atoms with Gasteiger partial charge in [-0.3, -0.25) is 4.98 Å². The van der Waals surface area contributed by atoms with Gasteiger partial charge in [0.15, 0.2) is 9.84 Å². The Morgan fingerprint density at radius 2 is 1.96 bits per heavy atom. The van der Waals surface area contributed by atoms with Crippen LogP contribution < -0.4 is 4.90 Å². The molecule has 5 nitrogen and oxygen atoms in total. The summed E-state index contributed by atoms with van der Waals surface area (Å²) in [5.74, 6) is 0. The van der Waals surface area contributed by atoms with E-state index in [9.17, 15) is 8.42 Å². The number of para-hydroxylation sites is 1. The fourth-order valence-electron chi connectivity index (χ4n) is 2.81. The molecule has 0 N–H and O–H groups in total. The van der Waals surface area contributed by atoms with Crippen LogP contribution in [0.1, 0.15) is 12.0 Å². The maximum absolute atomic E-state index is 11.9. The van der Waals surface area contributed by atoms with Gasteiger partial charge in [-0.05, 0) is 36.2 Å². The van der Waals surface area contributed by atoms with Gasteiger partial charge in [-0.15, -0.1) is 0 Å². The molecule has 3 rings (SSSR count). The summed E-state index contributed by atoms with van der Waals surface area (Å²) in [6, 6.07) is 11.0. The molecular formula is C17H20N2O3S. The Labute approximate surface area is 136 Å². The number of benzene rings is 1. The van der Waals surface area contributed by atoms with Crippen molar-refractivity contribution in [2.24, 2.45) is 0 Å². The molecule has 2 aromatic rings. The highest BCUT2D eigenvalue weighted by Gasteiger charge is 2.26. The van der Waals surface area contributed by atoms with Crippen LogP contribution in [0.15, 0.2) is 53.7 Å². The lowest BCUT2D eigenvalue weighted by Gasteiger charge is -2.21. The highest BCUT2D eigenvalue weighted by molar-refractivity contribution is 7.90. The molecule has 0 saturated carbocycles. The summed E-state index contributed by atoms with van der Waals surface area (Å²) in [4.78, 5) is 6.46. The van der Waals surface area contributed by atoms with E-state index in [1.807, 2.05) is 24.3 Å². The van der Waals surface area contributed by atoms with Gasteiger partial charge in [-0.2, -0.15) is 0 Å². The molecule has 1 fully saturated rings. The lowest BCUT2D eigenvalue weighted by Crippen LogP contribution is -2.24. The highest BCUT2D eigenvalue weighted by Crippen LogP contribution is 2.29. The van der Waals surface area contributed by atoms with Gasteiger partial charge < -0.3 is 9.64 Å². The van der Waals surface area contributed by atoms with Gasteiger partial charge in [0, 0.05) is 31.7 Å². The summed E-state index contributed by atoms with van der Waals surface area (Å²) in [5, 5.41) is 0. The lowest BCUT2D eigenvalue weighted by molar-refractivity contribution is 0.0553. The summed E-state index contributed by atoms with van der Waals surface area (Å²) in [7, 11) is -3.23. The topological polar surface area (TPSA) is 59.5 Å². The fourth-order valence-corrected chi connectivity index (χ4v) is 3.71. The number of aromatic nitrogens is 1. The lowest BCUT2D eigenvalue weighted by atomic mass is 10.3. The molecule has 1 aromatic carbocycles. The quantitative estimate of drug-likeness (QED) is 0.841.